The van der Waals surface area contributed by atoms with E-state index in [9.17, 15) is 13.2 Å². The Labute approximate surface area is 90.9 Å². The molecule has 0 aliphatic rings. The molecule has 0 rings (SSSR count). The number of nitrogens with two attached hydrogens (primary N) is 1. The van der Waals surface area contributed by atoms with E-state index in [1.54, 1.807) is 6.92 Å². The molecule has 2 N–H and O–H groups in total. The Kier molecular flexibility index (Phi) is 6.51. The zero-order valence-electron chi connectivity index (χ0n) is 9.23. The molecule has 0 spiro atoms. The van der Waals surface area contributed by atoms with Crippen LogP contribution in [0.3, 0.4) is 0 Å². The maximum absolute atomic E-state index is 11.4. The predicted octanol–water partition coefficient (Wildman–Crippen LogP) is 0.0917. The summed E-state index contributed by atoms with van der Waals surface area (Å²) in [4.78, 5) is 10.9. The summed E-state index contributed by atoms with van der Waals surface area (Å²) >= 11 is 0. The normalized spacial score (nSPS) is 13.5. The van der Waals surface area contributed by atoms with Crippen LogP contribution in [0.1, 0.15) is 26.7 Å². The van der Waals surface area contributed by atoms with Crippen molar-refractivity contribution in [3.8, 4) is 0 Å². The molecule has 0 amide bonds. The van der Waals surface area contributed by atoms with E-state index in [1.807, 2.05) is 6.92 Å². The summed E-state index contributed by atoms with van der Waals surface area (Å²) in [5, 5.41) is 0. The van der Waals surface area contributed by atoms with E-state index >= 15 is 0 Å². The van der Waals surface area contributed by atoms with Crippen molar-refractivity contribution in [1.82, 2.24) is 0 Å². The number of hydrogen-bond donors (Lipinski definition) is 1. The molecule has 0 saturated carbocycles. The van der Waals surface area contributed by atoms with Gasteiger partial charge in [0.1, 0.15) is 5.75 Å². The third-order valence-corrected chi connectivity index (χ3v) is 3.34. The Morgan fingerprint density at radius 1 is 1.47 bits per heavy atom. The highest BCUT2D eigenvalue weighted by Gasteiger charge is 2.17. The van der Waals surface area contributed by atoms with Crippen LogP contribution in [0.4, 0.5) is 0 Å². The van der Waals surface area contributed by atoms with Crippen molar-refractivity contribution in [2.24, 2.45) is 5.73 Å². The van der Waals surface area contributed by atoms with Crippen molar-refractivity contribution in [3.63, 3.8) is 0 Å². The Morgan fingerprint density at radius 3 is 2.53 bits per heavy atom. The van der Waals surface area contributed by atoms with Gasteiger partial charge in [0.05, 0.1) is 12.4 Å². The fourth-order valence-corrected chi connectivity index (χ4v) is 2.27. The van der Waals surface area contributed by atoms with Gasteiger partial charge in [-0.25, -0.2) is 8.42 Å². The van der Waals surface area contributed by atoms with Gasteiger partial charge in [0.25, 0.3) is 0 Å². The average Bonchev–Trinajstić information content (AvgIpc) is 2.01. The van der Waals surface area contributed by atoms with Crippen LogP contribution < -0.4 is 5.73 Å². The van der Waals surface area contributed by atoms with Crippen LogP contribution in [-0.4, -0.2) is 38.5 Å². The second kappa shape index (κ2) is 6.79. The lowest BCUT2D eigenvalue weighted by Crippen LogP contribution is -2.22. The Bertz CT molecular complexity index is 284. The summed E-state index contributed by atoms with van der Waals surface area (Å²) in [5.74, 6) is -1.22. The molecule has 6 heteroatoms. The van der Waals surface area contributed by atoms with Gasteiger partial charge >= 0.3 is 5.97 Å². The van der Waals surface area contributed by atoms with E-state index in [0.717, 1.165) is 0 Å². The van der Waals surface area contributed by atoms with Crippen molar-refractivity contribution >= 4 is 15.8 Å². The van der Waals surface area contributed by atoms with Gasteiger partial charge in [-0.15, -0.1) is 0 Å². The zero-order valence-corrected chi connectivity index (χ0v) is 10.0. The van der Waals surface area contributed by atoms with E-state index in [2.05, 4.69) is 4.74 Å². The topological polar surface area (TPSA) is 86.5 Å². The van der Waals surface area contributed by atoms with E-state index in [-0.39, 0.29) is 18.4 Å². The van der Waals surface area contributed by atoms with Crippen LogP contribution in [0, 0.1) is 0 Å². The predicted molar refractivity (Wildman–Crippen MR) is 58.2 cm³/mol. The second-order valence-electron chi connectivity index (χ2n) is 3.52. The summed E-state index contributed by atoms with van der Waals surface area (Å²) in [6, 6.07) is -0.0113. The van der Waals surface area contributed by atoms with Crippen LogP contribution in [0.25, 0.3) is 0 Å². The Balaban J connectivity index is 3.92. The monoisotopic (exact) mass is 237 g/mol. The first kappa shape index (κ1) is 14.4. The molecule has 0 aromatic carbocycles. The summed E-state index contributed by atoms with van der Waals surface area (Å²) in [6.07, 6.45) is 1.13. The van der Waals surface area contributed by atoms with Crippen molar-refractivity contribution in [3.05, 3.63) is 0 Å². The molecule has 0 aromatic heterocycles. The van der Waals surface area contributed by atoms with Gasteiger partial charge in [-0.3, -0.25) is 4.79 Å². The first-order chi connectivity index (χ1) is 6.87. The maximum Gasteiger partial charge on any atom is 0.321 e. The third kappa shape index (κ3) is 8.38. The Morgan fingerprint density at radius 2 is 2.07 bits per heavy atom. The van der Waals surface area contributed by atoms with Crippen LogP contribution >= 0.6 is 0 Å². The van der Waals surface area contributed by atoms with Gasteiger partial charge in [-0.2, -0.15) is 0 Å². The van der Waals surface area contributed by atoms with Gasteiger partial charge < -0.3 is 10.5 Å². The molecule has 0 aliphatic carbocycles. The number of carbonyl (C=O) groups excluding carboxylic acids is 1. The number of ether oxygens (including phenoxy) is 1. The fraction of sp³-hybridized carbons (Fsp3) is 0.889. The van der Waals surface area contributed by atoms with Crippen molar-refractivity contribution in [2.45, 2.75) is 32.7 Å². The van der Waals surface area contributed by atoms with Crippen LogP contribution in [0.2, 0.25) is 0 Å². The SMILES string of the molecule is CCOC(=O)CS(=O)(=O)CCCC(C)N. The van der Waals surface area contributed by atoms with E-state index in [4.69, 9.17) is 5.73 Å². The van der Waals surface area contributed by atoms with Gasteiger partial charge in [0.2, 0.25) is 0 Å². The second-order valence-corrected chi connectivity index (χ2v) is 5.70. The number of rotatable bonds is 7. The summed E-state index contributed by atoms with van der Waals surface area (Å²) in [6.45, 7) is 3.66. The molecule has 15 heavy (non-hydrogen) atoms. The molecule has 0 saturated heterocycles. The van der Waals surface area contributed by atoms with Crippen molar-refractivity contribution < 1.29 is 17.9 Å². The van der Waals surface area contributed by atoms with Gasteiger partial charge in [-0.1, -0.05) is 0 Å². The van der Waals surface area contributed by atoms with Crippen LogP contribution in [-0.2, 0) is 19.4 Å². The van der Waals surface area contributed by atoms with Crippen LogP contribution in [0.5, 0.6) is 0 Å². The lowest BCUT2D eigenvalue weighted by molar-refractivity contribution is -0.139. The van der Waals surface area contributed by atoms with Crippen molar-refractivity contribution in [2.75, 3.05) is 18.1 Å². The highest BCUT2D eigenvalue weighted by Crippen LogP contribution is 2.00. The fourth-order valence-electron chi connectivity index (χ4n) is 1.08. The minimum absolute atomic E-state index is 0.00659. The molecule has 0 aromatic rings. The number of sulfone groups is 1. The number of carbonyl (C=O) groups is 1. The smallest absolute Gasteiger partial charge is 0.321 e. The van der Waals surface area contributed by atoms with E-state index < -0.39 is 21.6 Å². The first-order valence-electron chi connectivity index (χ1n) is 4.99. The lowest BCUT2D eigenvalue weighted by Gasteiger charge is -2.05. The Hall–Kier alpha value is -0.620. The molecular weight excluding hydrogens is 218 g/mol. The molecular formula is C9H19NO4S. The van der Waals surface area contributed by atoms with E-state index in [0.29, 0.717) is 12.8 Å². The molecule has 5 nitrogen and oxygen atoms in total. The quantitative estimate of drug-likeness (QED) is 0.634. The third-order valence-electron chi connectivity index (χ3n) is 1.76. The molecule has 0 heterocycles. The van der Waals surface area contributed by atoms with Gasteiger partial charge in [0, 0.05) is 6.04 Å². The lowest BCUT2D eigenvalue weighted by atomic mass is 10.2. The first-order valence-corrected chi connectivity index (χ1v) is 6.81. The molecule has 1 atom stereocenters. The molecule has 0 fully saturated rings. The van der Waals surface area contributed by atoms with Gasteiger partial charge in [0.15, 0.2) is 9.84 Å². The van der Waals surface area contributed by atoms with E-state index in [1.165, 1.54) is 0 Å². The molecule has 90 valence electrons. The van der Waals surface area contributed by atoms with Gasteiger partial charge in [-0.05, 0) is 26.7 Å². The zero-order chi connectivity index (χ0) is 11.9. The molecule has 1 unspecified atom stereocenters. The number of esters is 1. The minimum Gasteiger partial charge on any atom is -0.465 e. The summed E-state index contributed by atoms with van der Waals surface area (Å²) < 4.78 is 27.3. The summed E-state index contributed by atoms with van der Waals surface area (Å²) in [7, 11) is -3.33. The summed E-state index contributed by atoms with van der Waals surface area (Å²) in [5.41, 5.74) is 5.48. The number of hydrogen-bond acceptors (Lipinski definition) is 5. The maximum atomic E-state index is 11.4. The highest BCUT2D eigenvalue weighted by atomic mass is 32.2. The largest absolute Gasteiger partial charge is 0.465 e. The minimum atomic E-state index is -3.33. The highest BCUT2D eigenvalue weighted by molar-refractivity contribution is 7.92. The molecule has 0 radical (unpaired) electrons. The molecule has 0 aliphatic heterocycles. The van der Waals surface area contributed by atoms with Crippen molar-refractivity contribution in [1.29, 1.82) is 0 Å². The molecule has 0 bridgehead atoms. The average molecular weight is 237 g/mol. The van der Waals surface area contributed by atoms with Crippen LogP contribution in [0.15, 0.2) is 0 Å². The standard InChI is InChI=1S/C9H19NO4S/c1-3-14-9(11)7-15(12,13)6-4-5-8(2)10/h8H,3-7,10H2,1-2H3.